The van der Waals surface area contributed by atoms with Crippen molar-refractivity contribution in [1.82, 2.24) is 0 Å². The van der Waals surface area contributed by atoms with Crippen LogP contribution in [0.5, 0.6) is 0 Å². The van der Waals surface area contributed by atoms with Crippen LogP contribution in [0.2, 0.25) is 19.6 Å². The van der Waals surface area contributed by atoms with E-state index in [4.69, 9.17) is 0 Å². The molecule has 0 saturated heterocycles. The van der Waals surface area contributed by atoms with Gasteiger partial charge in [0.2, 0.25) is 0 Å². The van der Waals surface area contributed by atoms with Gasteiger partial charge in [0.05, 0.1) is 8.07 Å². The highest BCUT2D eigenvalue weighted by Crippen LogP contribution is 2.48. The van der Waals surface area contributed by atoms with E-state index < -0.39 is 8.07 Å². The Kier molecular flexibility index (Phi) is 4.13. The van der Waals surface area contributed by atoms with Crippen molar-refractivity contribution in [3.8, 4) is 23.0 Å². The Morgan fingerprint density at radius 3 is 1.96 bits per heavy atom. The van der Waals surface area contributed by atoms with Crippen LogP contribution in [0.3, 0.4) is 0 Å². The van der Waals surface area contributed by atoms with E-state index in [2.05, 4.69) is 112 Å². The first-order valence-electron chi connectivity index (χ1n) is 9.64. The van der Waals surface area contributed by atoms with Gasteiger partial charge >= 0.3 is 0 Å². The maximum atomic E-state index is 3.37. The molecule has 0 saturated carbocycles. The Labute approximate surface area is 164 Å². The lowest BCUT2D eigenvalue weighted by atomic mass is 9.82. The molecule has 3 aromatic carbocycles. The van der Waals surface area contributed by atoms with Gasteiger partial charge < -0.3 is 0 Å². The largest absolute Gasteiger partial charge is 0.0775 e. The Morgan fingerprint density at radius 2 is 1.26 bits per heavy atom. The lowest BCUT2D eigenvalue weighted by Crippen LogP contribution is -2.37. The van der Waals surface area contributed by atoms with E-state index in [1.807, 2.05) is 0 Å². The highest BCUT2D eigenvalue weighted by molar-refractivity contribution is 6.88. The van der Waals surface area contributed by atoms with E-state index in [0.717, 1.165) is 11.1 Å². The minimum Gasteiger partial charge on any atom is -0.0656 e. The van der Waals surface area contributed by atoms with E-state index in [1.54, 1.807) is 0 Å². The van der Waals surface area contributed by atoms with Gasteiger partial charge in [-0.15, -0.1) is 0 Å². The van der Waals surface area contributed by atoms with E-state index in [1.165, 1.54) is 27.4 Å². The summed E-state index contributed by atoms with van der Waals surface area (Å²) in [7, 11) is -1.25. The first kappa shape index (κ1) is 17.8. The van der Waals surface area contributed by atoms with Crippen molar-refractivity contribution in [3.63, 3.8) is 0 Å². The van der Waals surface area contributed by atoms with E-state index in [9.17, 15) is 0 Å². The first-order chi connectivity index (χ1) is 12.8. The Morgan fingerprint density at radius 1 is 0.667 bits per heavy atom. The zero-order valence-electron chi connectivity index (χ0n) is 16.9. The fourth-order valence-corrected chi connectivity index (χ4v) is 5.15. The average Bonchev–Trinajstić information content (AvgIpc) is 2.87. The van der Waals surface area contributed by atoms with Crippen LogP contribution in [0, 0.1) is 11.8 Å². The molecular weight excluding hydrogens is 340 g/mol. The molecule has 0 spiro atoms. The van der Waals surface area contributed by atoms with Crippen molar-refractivity contribution in [2.75, 3.05) is 0 Å². The van der Waals surface area contributed by atoms with Crippen molar-refractivity contribution >= 4 is 13.3 Å². The second-order valence-corrected chi connectivity index (χ2v) is 14.1. The fraction of sp³-hybridized carbons (Fsp3) is 0.231. The molecule has 3 aromatic rings. The molecule has 0 aliphatic heterocycles. The van der Waals surface area contributed by atoms with Gasteiger partial charge in [0.25, 0.3) is 0 Å². The van der Waals surface area contributed by atoms with Crippen molar-refractivity contribution in [1.29, 1.82) is 0 Å². The second kappa shape index (κ2) is 6.25. The molecule has 0 nitrogen and oxygen atoms in total. The van der Waals surface area contributed by atoms with Crippen molar-refractivity contribution in [2.45, 2.75) is 38.9 Å². The third kappa shape index (κ3) is 3.15. The fourth-order valence-electron chi connectivity index (χ4n) is 3.98. The summed E-state index contributed by atoms with van der Waals surface area (Å²) < 4.78 is 0. The Balaban J connectivity index is 1.67. The molecule has 0 unspecified atom stereocenters. The summed E-state index contributed by atoms with van der Waals surface area (Å²) in [5.74, 6) is 6.72. The van der Waals surface area contributed by atoms with Crippen LogP contribution >= 0.6 is 0 Å². The summed E-state index contributed by atoms with van der Waals surface area (Å²) in [5.41, 5.74) is 7.70. The molecular formula is C26H26Si. The maximum absolute atomic E-state index is 3.37. The van der Waals surface area contributed by atoms with Gasteiger partial charge in [-0.05, 0) is 46.5 Å². The van der Waals surface area contributed by atoms with Gasteiger partial charge in [0.15, 0.2) is 0 Å². The van der Waals surface area contributed by atoms with E-state index in [0.29, 0.717) is 0 Å². The smallest absolute Gasteiger partial charge is 0.0656 e. The molecule has 1 aliphatic carbocycles. The van der Waals surface area contributed by atoms with Crippen LogP contribution in [0.25, 0.3) is 11.1 Å². The first-order valence-corrected chi connectivity index (χ1v) is 13.1. The summed E-state index contributed by atoms with van der Waals surface area (Å²) in [6.45, 7) is 11.7. The molecule has 0 atom stereocenters. The zero-order chi connectivity index (χ0) is 19.2. The number of hydrogen-bond acceptors (Lipinski definition) is 0. The molecule has 27 heavy (non-hydrogen) atoms. The van der Waals surface area contributed by atoms with Gasteiger partial charge in [0, 0.05) is 16.5 Å². The molecule has 0 amide bonds. The van der Waals surface area contributed by atoms with Crippen LogP contribution < -0.4 is 5.19 Å². The van der Waals surface area contributed by atoms with Gasteiger partial charge in [-0.25, -0.2) is 0 Å². The lowest BCUT2D eigenvalue weighted by molar-refractivity contribution is 0.660. The topological polar surface area (TPSA) is 0 Å². The summed E-state index contributed by atoms with van der Waals surface area (Å²) >= 11 is 0. The minimum absolute atomic E-state index is 0.0304. The molecule has 0 N–H and O–H groups in total. The number of rotatable bonds is 1. The van der Waals surface area contributed by atoms with Crippen LogP contribution in [0.15, 0.2) is 66.7 Å². The number of hydrogen-bond donors (Lipinski definition) is 0. The molecule has 134 valence electrons. The summed E-state index contributed by atoms with van der Waals surface area (Å²) in [6.07, 6.45) is 0. The van der Waals surface area contributed by atoms with Crippen molar-refractivity contribution in [3.05, 3.63) is 89.0 Å². The molecule has 0 radical (unpaired) electrons. The number of fused-ring (bicyclic) bond motifs is 3. The van der Waals surface area contributed by atoms with Crippen molar-refractivity contribution in [2.24, 2.45) is 0 Å². The third-order valence-electron chi connectivity index (χ3n) is 5.69. The Bertz CT molecular complexity index is 1070. The maximum Gasteiger partial charge on any atom is 0.0775 e. The number of benzene rings is 3. The highest BCUT2D eigenvalue weighted by atomic mass is 28.3. The van der Waals surface area contributed by atoms with E-state index >= 15 is 0 Å². The zero-order valence-corrected chi connectivity index (χ0v) is 17.9. The van der Waals surface area contributed by atoms with Gasteiger partial charge in [-0.3, -0.25) is 0 Å². The second-order valence-electron chi connectivity index (χ2n) is 9.01. The van der Waals surface area contributed by atoms with Crippen LogP contribution in [0.1, 0.15) is 36.1 Å². The average molecular weight is 367 g/mol. The van der Waals surface area contributed by atoms with Gasteiger partial charge in [0.1, 0.15) is 0 Å². The highest BCUT2D eigenvalue weighted by Gasteiger charge is 2.34. The molecule has 0 fully saturated rings. The van der Waals surface area contributed by atoms with Gasteiger partial charge in [-0.1, -0.05) is 93.0 Å². The quantitative estimate of drug-likeness (QED) is 0.369. The Hall–Kier alpha value is -2.56. The standard InChI is InChI=1S/C26H26Si/c1-26(2)24-9-7-6-8-22(24)23-17-14-20(18-25(23)26)11-10-19-12-15-21(16-13-19)27(3,4)5/h6-9,12-18H,1-5H3. The van der Waals surface area contributed by atoms with Gasteiger partial charge in [-0.2, -0.15) is 0 Å². The van der Waals surface area contributed by atoms with Crippen LogP contribution in [-0.4, -0.2) is 8.07 Å². The molecule has 0 aromatic heterocycles. The molecule has 4 rings (SSSR count). The molecule has 0 bridgehead atoms. The summed E-state index contributed by atoms with van der Waals surface area (Å²) in [6, 6.07) is 24.2. The van der Waals surface area contributed by atoms with E-state index in [-0.39, 0.29) is 5.41 Å². The summed E-state index contributed by atoms with van der Waals surface area (Å²) in [5, 5.41) is 1.48. The summed E-state index contributed by atoms with van der Waals surface area (Å²) in [4.78, 5) is 0. The predicted octanol–water partition coefficient (Wildman–Crippen LogP) is 5.94. The normalized spacial score (nSPS) is 14.1. The third-order valence-corrected chi connectivity index (χ3v) is 7.75. The minimum atomic E-state index is -1.25. The van der Waals surface area contributed by atoms with Crippen LogP contribution in [-0.2, 0) is 5.41 Å². The monoisotopic (exact) mass is 366 g/mol. The van der Waals surface area contributed by atoms with Crippen LogP contribution in [0.4, 0.5) is 0 Å². The van der Waals surface area contributed by atoms with Crippen molar-refractivity contribution < 1.29 is 0 Å². The predicted molar refractivity (Wildman–Crippen MR) is 119 cm³/mol. The molecule has 0 heterocycles. The molecule has 1 aliphatic rings. The lowest BCUT2D eigenvalue weighted by Gasteiger charge is -2.21. The molecule has 1 heteroatoms. The SMILES string of the molecule is CC1(C)c2ccccc2-c2ccc(C#Cc3ccc([Si](C)(C)C)cc3)cc21.